The van der Waals surface area contributed by atoms with Gasteiger partial charge in [-0.15, -0.1) is 11.3 Å². The van der Waals surface area contributed by atoms with E-state index >= 15 is 0 Å². The van der Waals surface area contributed by atoms with Crippen LogP contribution in [0.3, 0.4) is 0 Å². The number of rotatable bonds is 7. The fourth-order valence-electron chi connectivity index (χ4n) is 6.25. The number of carbonyl (C=O) groups is 4. The van der Waals surface area contributed by atoms with Gasteiger partial charge in [0.15, 0.2) is 5.54 Å². The number of benzene rings is 1. The minimum atomic E-state index is -0.791. The van der Waals surface area contributed by atoms with Crippen molar-refractivity contribution in [2.24, 2.45) is 4.99 Å². The molecule has 3 aliphatic heterocycles. The standard InChI is InChI=1S/C29H38N6O5S/c1-4-30-28(39)31-25-24(22-8-5-6-9-23(22)41-25)26(37)33-14-10-21(11-15-33)34-13-7-12-29(18-34)27(38)35(19(2)32-29)16-17-40-20(3)36/h5-6,8-9,21H,4,7,10-18H2,1-3H3,(H2,30,31,39). The monoisotopic (exact) mass is 582 g/mol. The van der Waals surface area contributed by atoms with Crippen molar-refractivity contribution in [2.45, 2.75) is 58.0 Å². The topological polar surface area (TPSA) is 124 Å². The number of urea groups is 1. The summed E-state index contributed by atoms with van der Waals surface area (Å²) in [7, 11) is 0. The molecule has 2 N–H and O–H groups in total. The number of fused-ring (bicyclic) bond motifs is 1. The average molecular weight is 583 g/mol. The van der Waals surface area contributed by atoms with E-state index in [-0.39, 0.29) is 36.5 Å². The van der Waals surface area contributed by atoms with E-state index in [2.05, 4.69) is 15.5 Å². The van der Waals surface area contributed by atoms with E-state index in [0.29, 0.717) is 55.5 Å². The quantitative estimate of drug-likeness (QED) is 0.483. The number of ether oxygens (including phenoxy) is 1. The van der Waals surface area contributed by atoms with E-state index in [9.17, 15) is 19.2 Å². The van der Waals surface area contributed by atoms with Gasteiger partial charge in [0, 0.05) is 49.2 Å². The molecule has 0 bridgehead atoms. The number of amides is 4. The van der Waals surface area contributed by atoms with Gasteiger partial charge >= 0.3 is 12.0 Å². The molecule has 4 heterocycles. The smallest absolute Gasteiger partial charge is 0.319 e. The number of anilines is 1. The maximum atomic E-state index is 13.8. The van der Waals surface area contributed by atoms with Gasteiger partial charge in [-0.2, -0.15) is 0 Å². The molecule has 41 heavy (non-hydrogen) atoms. The molecule has 2 aromatic rings. The van der Waals surface area contributed by atoms with Crippen LogP contribution in [0, 0.1) is 0 Å². The van der Waals surface area contributed by atoms with E-state index in [4.69, 9.17) is 9.73 Å². The third-order valence-corrected chi connectivity index (χ3v) is 9.26. The molecule has 11 nitrogen and oxygen atoms in total. The Labute approximate surface area is 243 Å². The van der Waals surface area contributed by atoms with Crippen LogP contribution in [-0.4, -0.2) is 102 Å². The largest absolute Gasteiger partial charge is 0.464 e. The molecule has 1 atom stereocenters. The van der Waals surface area contributed by atoms with Gasteiger partial charge in [-0.25, -0.2) is 4.79 Å². The van der Waals surface area contributed by atoms with E-state index < -0.39 is 5.54 Å². The van der Waals surface area contributed by atoms with Crippen molar-refractivity contribution in [3.8, 4) is 0 Å². The molecule has 1 spiro atoms. The van der Waals surface area contributed by atoms with Crippen molar-refractivity contribution in [2.75, 3.05) is 51.2 Å². The molecule has 0 saturated carbocycles. The first-order valence-corrected chi connectivity index (χ1v) is 15.2. The zero-order chi connectivity index (χ0) is 29.1. The predicted octanol–water partition coefficient (Wildman–Crippen LogP) is 3.31. The first kappa shape index (κ1) is 29.0. The first-order valence-electron chi connectivity index (χ1n) is 14.3. The Balaban J connectivity index is 1.24. The number of nitrogens with zero attached hydrogens (tertiary/aromatic N) is 4. The Kier molecular flexibility index (Phi) is 8.60. The highest BCUT2D eigenvalue weighted by Crippen LogP contribution is 2.38. The molecule has 2 saturated heterocycles. The molecule has 220 valence electrons. The van der Waals surface area contributed by atoms with E-state index in [1.807, 2.05) is 43.0 Å². The summed E-state index contributed by atoms with van der Waals surface area (Å²) in [5.41, 5.74) is -0.247. The predicted molar refractivity (Wildman–Crippen MR) is 158 cm³/mol. The number of piperidine rings is 2. The molecule has 1 unspecified atom stereocenters. The van der Waals surface area contributed by atoms with Crippen molar-refractivity contribution in [1.29, 1.82) is 0 Å². The lowest BCUT2D eigenvalue weighted by atomic mass is 9.87. The number of esters is 1. The van der Waals surface area contributed by atoms with Crippen LogP contribution >= 0.6 is 11.3 Å². The zero-order valence-electron chi connectivity index (χ0n) is 23.9. The summed E-state index contributed by atoms with van der Waals surface area (Å²) >= 11 is 1.41. The molecule has 5 rings (SSSR count). The summed E-state index contributed by atoms with van der Waals surface area (Å²) in [6.45, 7) is 8.66. The number of aliphatic imine (C=N–C) groups is 1. The van der Waals surface area contributed by atoms with Crippen LogP contribution in [0.1, 0.15) is 56.8 Å². The van der Waals surface area contributed by atoms with Crippen LogP contribution in [0.15, 0.2) is 29.3 Å². The lowest BCUT2D eigenvalue weighted by Crippen LogP contribution is -2.57. The maximum absolute atomic E-state index is 13.8. The van der Waals surface area contributed by atoms with Crippen molar-refractivity contribution >= 4 is 56.1 Å². The summed E-state index contributed by atoms with van der Waals surface area (Å²) < 4.78 is 6.01. The minimum Gasteiger partial charge on any atom is -0.464 e. The average Bonchev–Trinajstić information content (AvgIpc) is 3.42. The fraction of sp³-hybridized carbons (Fsp3) is 0.552. The summed E-state index contributed by atoms with van der Waals surface area (Å²) in [5.74, 6) is 0.217. The molecule has 4 amide bonds. The highest BCUT2D eigenvalue weighted by molar-refractivity contribution is 7.23. The molecule has 12 heteroatoms. The summed E-state index contributed by atoms with van der Waals surface area (Å²) in [6, 6.07) is 7.66. The van der Waals surface area contributed by atoms with Gasteiger partial charge in [-0.1, -0.05) is 18.2 Å². The van der Waals surface area contributed by atoms with Crippen LogP contribution < -0.4 is 10.6 Å². The molecular weight excluding hydrogens is 544 g/mol. The number of thiophene rings is 1. The number of nitrogens with one attached hydrogen (secondary N) is 2. The number of amidine groups is 1. The molecular formula is C29H38N6O5S. The number of hydrogen-bond donors (Lipinski definition) is 2. The first-order chi connectivity index (χ1) is 19.7. The van der Waals surface area contributed by atoms with Gasteiger partial charge in [0.1, 0.15) is 17.4 Å². The zero-order valence-corrected chi connectivity index (χ0v) is 24.7. The van der Waals surface area contributed by atoms with E-state index in [0.717, 1.165) is 35.9 Å². The molecule has 3 aliphatic rings. The third-order valence-electron chi connectivity index (χ3n) is 8.17. The van der Waals surface area contributed by atoms with Crippen molar-refractivity contribution < 1.29 is 23.9 Å². The Bertz CT molecular complexity index is 1370. The van der Waals surface area contributed by atoms with Crippen LogP contribution in [-0.2, 0) is 14.3 Å². The minimum absolute atomic E-state index is 0.0176. The van der Waals surface area contributed by atoms with Crippen LogP contribution in [0.5, 0.6) is 0 Å². The van der Waals surface area contributed by atoms with Crippen molar-refractivity contribution in [3.05, 3.63) is 29.8 Å². The SMILES string of the molecule is CCNC(=O)Nc1sc2ccccc2c1C(=O)N1CCC(N2CCCC3(C2)N=C(C)N(CCOC(C)=O)C3=O)CC1. The highest BCUT2D eigenvalue weighted by atomic mass is 32.1. The lowest BCUT2D eigenvalue weighted by Gasteiger charge is -2.44. The third kappa shape index (κ3) is 5.94. The number of hydrogen-bond acceptors (Lipinski definition) is 8. The van der Waals surface area contributed by atoms with Gasteiger partial charge in [0.2, 0.25) is 0 Å². The fourth-order valence-corrected chi connectivity index (χ4v) is 7.34. The summed E-state index contributed by atoms with van der Waals surface area (Å²) in [6.07, 6.45) is 3.18. The summed E-state index contributed by atoms with van der Waals surface area (Å²) in [5, 5.41) is 7.03. The second kappa shape index (κ2) is 12.2. The molecule has 0 aliphatic carbocycles. The van der Waals surface area contributed by atoms with E-state index in [1.165, 1.54) is 18.3 Å². The Hall–Kier alpha value is -3.51. The van der Waals surface area contributed by atoms with E-state index in [1.54, 1.807) is 4.90 Å². The van der Waals surface area contributed by atoms with Crippen LogP contribution in [0.4, 0.5) is 9.80 Å². The molecule has 0 radical (unpaired) electrons. The number of likely N-dealkylation sites (tertiary alicyclic amines) is 2. The molecule has 1 aromatic heterocycles. The second-order valence-corrected chi connectivity index (χ2v) is 11.9. The second-order valence-electron chi connectivity index (χ2n) is 10.9. The van der Waals surface area contributed by atoms with Crippen molar-refractivity contribution in [1.82, 2.24) is 20.0 Å². The van der Waals surface area contributed by atoms with Gasteiger partial charge in [-0.3, -0.25) is 34.5 Å². The van der Waals surface area contributed by atoms with Crippen molar-refractivity contribution in [3.63, 3.8) is 0 Å². The lowest BCUT2D eigenvalue weighted by molar-refractivity contribution is -0.143. The maximum Gasteiger partial charge on any atom is 0.319 e. The Morgan fingerprint density at radius 2 is 1.93 bits per heavy atom. The highest BCUT2D eigenvalue weighted by Gasteiger charge is 2.50. The summed E-state index contributed by atoms with van der Waals surface area (Å²) in [4.78, 5) is 61.5. The van der Waals surface area contributed by atoms with Crippen LogP contribution in [0.25, 0.3) is 10.1 Å². The van der Waals surface area contributed by atoms with Gasteiger partial charge in [0.25, 0.3) is 11.8 Å². The van der Waals surface area contributed by atoms with Crippen LogP contribution in [0.2, 0.25) is 0 Å². The van der Waals surface area contributed by atoms with Gasteiger partial charge < -0.3 is 15.0 Å². The number of carbonyl (C=O) groups excluding carboxylic acids is 4. The normalized spacial score (nSPS) is 21.8. The van der Waals surface area contributed by atoms with Gasteiger partial charge in [0.05, 0.1) is 12.1 Å². The Morgan fingerprint density at radius 1 is 1.17 bits per heavy atom. The Morgan fingerprint density at radius 3 is 2.66 bits per heavy atom. The molecule has 2 fully saturated rings. The van der Waals surface area contributed by atoms with Gasteiger partial charge in [-0.05, 0) is 52.1 Å². The molecule has 1 aromatic carbocycles.